The topological polar surface area (TPSA) is 84.3 Å². The van der Waals surface area contributed by atoms with Crippen LogP contribution in [0.4, 0.5) is 0 Å². The molecule has 2 aromatic rings. The van der Waals surface area contributed by atoms with Crippen LogP contribution >= 0.6 is 0 Å². The SMILES string of the molecule is O=S(=O)(O)CC[n+]1ccc(-c2ccco2)cn1. The molecular weight excluding hydrogens is 244 g/mol. The molecule has 2 aromatic heterocycles. The first-order chi connectivity index (χ1) is 8.04. The van der Waals surface area contributed by atoms with Crippen molar-refractivity contribution in [3.05, 3.63) is 36.9 Å². The van der Waals surface area contributed by atoms with E-state index in [4.69, 9.17) is 8.97 Å². The van der Waals surface area contributed by atoms with E-state index >= 15 is 0 Å². The fraction of sp³-hybridized carbons (Fsp3) is 0.200. The molecule has 0 aliphatic heterocycles. The van der Waals surface area contributed by atoms with E-state index in [0.717, 1.165) is 5.56 Å². The molecule has 0 spiro atoms. The Balaban J connectivity index is 2.09. The van der Waals surface area contributed by atoms with Gasteiger partial charge in [0, 0.05) is 11.6 Å². The minimum Gasteiger partial charge on any atom is -0.464 e. The van der Waals surface area contributed by atoms with Crippen molar-refractivity contribution in [2.24, 2.45) is 0 Å². The highest BCUT2D eigenvalue weighted by molar-refractivity contribution is 7.85. The second kappa shape index (κ2) is 4.64. The normalized spacial score (nSPS) is 11.6. The summed E-state index contributed by atoms with van der Waals surface area (Å²) >= 11 is 0. The number of rotatable bonds is 4. The highest BCUT2D eigenvalue weighted by Crippen LogP contribution is 2.16. The second-order valence-electron chi connectivity index (χ2n) is 3.44. The first kappa shape index (κ1) is 11.7. The van der Waals surface area contributed by atoms with Crippen molar-refractivity contribution in [2.45, 2.75) is 6.54 Å². The number of aryl methyl sites for hydroxylation is 1. The van der Waals surface area contributed by atoms with Crippen molar-refractivity contribution in [1.29, 1.82) is 0 Å². The molecule has 6 nitrogen and oxygen atoms in total. The Hall–Kier alpha value is -1.73. The maximum absolute atomic E-state index is 10.6. The monoisotopic (exact) mass is 255 g/mol. The Morgan fingerprint density at radius 1 is 1.41 bits per heavy atom. The third kappa shape index (κ3) is 3.36. The average molecular weight is 255 g/mol. The molecule has 90 valence electrons. The molecular formula is C10H11N2O4S+. The summed E-state index contributed by atoms with van der Waals surface area (Å²) in [6, 6.07) is 5.34. The van der Waals surface area contributed by atoms with Gasteiger partial charge in [0.1, 0.15) is 17.7 Å². The van der Waals surface area contributed by atoms with Crippen molar-refractivity contribution in [3.8, 4) is 11.3 Å². The van der Waals surface area contributed by atoms with Crippen molar-refractivity contribution in [3.63, 3.8) is 0 Å². The van der Waals surface area contributed by atoms with Crippen LogP contribution in [-0.2, 0) is 16.7 Å². The van der Waals surface area contributed by atoms with Gasteiger partial charge in [-0.2, -0.15) is 8.42 Å². The van der Waals surface area contributed by atoms with Crippen LogP contribution in [0, 0.1) is 0 Å². The van der Waals surface area contributed by atoms with Crippen LogP contribution in [0.2, 0.25) is 0 Å². The summed E-state index contributed by atoms with van der Waals surface area (Å²) < 4.78 is 36.3. The third-order valence-electron chi connectivity index (χ3n) is 2.16. The van der Waals surface area contributed by atoms with E-state index in [1.54, 1.807) is 36.9 Å². The van der Waals surface area contributed by atoms with E-state index in [2.05, 4.69) is 5.10 Å². The van der Waals surface area contributed by atoms with E-state index in [1.165, 1.54) is 4.68 Å². The molecule has 0 aliphatic carbocycles. The number of hydrogen-bond donors (Lipinski definition) is 1. The van der Waals surface area contributed by atoms with Crippen LogP contribution in [0.1, 0.15) is 0 Å². The maximum atomic E-state index is 10.6. The van der Waals surface area contributed by atoms with Gasteiger partial charge < -0.3 is 4.42 Å². The first-order valence-corrected chi connectivity index (χ1v) is 6.50. The molecule has 1 N–H and O–H groups in total. The van der Waals surface area contributed by atoms with Crippen LogP contribution in [0.5, 0.6) is 0 Å². The number of furan rings is 1. The average Bonchev–Trinajstić information content (AvgIpc) is 2.79. The molecule has 0 atom stereocenters. The molecule has 0 amide bonds. The van der Waals surface area contributed by atoms with Gasteiger partial charge in [-0.25, -0.2) is 0 Å². The van der Waals surface area contributed by atoms with E-state index in [-0.39, 0.29) is 12.3 Å². The van der Waals surface area contributed by atoms with E-state index < -0.39 is 10.1 Å². The minimum absolute atomic E-state index is 0.108. The largest absolute Gasteiger partial charge is 0.464 e. The Labute approximate surface area is 98.3 Å². The Morgan fingerprint density at radius 3 is 2.76 bits per heavy atom. The predicted molar refractivity (Wildman–Crippen MR) is 58.5 cm³/mol. The zero-order valence-electron chi connectivity index (χ0n) is 8.85. The maximum Gasteiger partial charge on any atom is 0.271 e. The van der Waals surface area contributed by atoms with Crippen LogP contribution < -0.4 is 4.68 Å². The smallest absolute Gasteiger partial charge is 0.271 e. The van der Waals surface area contributed by atoms with Crippen LogP contribution in [0.3, 0.4) is 0 Å². The van der Waals surface area contributed by atoms with Crippen molar-refractivity contribution in [2.75, 3.05) is 5.75 Å². The standard InChI is InChI=1S/C10H10N2O4S/c13-17(14,15)7-5-12-4-3-9(8-11-12)10-2-1-6-16-10/h1-4,6,8H,5,7H2/p+1. The third-order valence-corrected chi connectivity index (χ3v) is 2.85. The summed E-state index contributed by atoms with van der Waals surface area (Å²) in [6.07, 6.45) is 4.76. The van der Waals surface area contributed by atoms with Gasteiger partial charge in [0.05, 0.1) is 6.26 Å². The molecule has 0 aliphatic rings. The number of hydrogen-bond acceptors (Lipinski definition) is 4. The van der Waals surface area contributed by atoms with E-state index in [9.17, 15) is 8.42 Å². The van der Waals surface area contributed by atoms with Gasteiger partial charge >= 0.3 is 0 Å². The summed E-state index contributed by atoms with van der Waals surface area (Å²) in [7, 11) is -3.96. The lowest BCUT2D eigenvalue weighted by Crippen LogP contribution is -2.40. The highest BCUT2D eigenvalue weighted by atomic mass is 32.2. The van der Waals surface area contributed by atoms with Gasteiger partial charge in [0.15, 0.2) is 12.7 Å². The molecule has 0 unspecified atom stereocenters. The number of nitrogens with zero attached hydrogens (tertiary/aromatic N) is 2. The molecule has 17 heavy (non-hydrogen) atoms. The van der Waals surface area contributed by atoms with Gasteiger partial charge in [-0.15, -0.1) is 0 Å². The molecule has 0 fully saturated rings. The lowest BCUT2D eigenvalue weighted by molar-refractivity contribution is -0.750. The summed E-state index contributed by atoms with van der Waals surface area (Å²) in [5, 5.41) is 4.02. The second-order valence-corrected chi connectivity index (χ2v) is 5.01. The fourth-order valence-electron chi connectivity index (χ4n) is 1.31. The van der Waals surface area contributed by atoms with E-state index in [0.29, 0.717) is 5.76 Å². The van der Waals surface area contributed by atoms with Crippen molar-refractivity contribution < 1.29 is 22.1 Å². The molecule has 0 saturated heterocycles. The molecule has 0 radical (unpaired) electrons. The Morgan fingerprint density at radius 2 is 2.24 bits per heavy atom. The summed E-state index contributed by atoms with van der Waals surface area (Å²) in [6.45, 7) is 0.108. The molecule has 2 rings (SSSR count). The van der Waals surface area contributed by atoms with Gasteiger partial charge in [0.25, 0.3) is 10.1 Å². The fourth-order valence-corrected chi connectivity index (χ4v) is 1.73. The van der Waals surface area contributed by atoms with Crippen LogP contribution in [0.25, 0.3) is 11.3 Å². The highest BCUT2D eigenvalue weighted by Gasteiger charge is 2.11. The summed E-state index contributed by atoms with van der Waals surface area (Å²) in [5.41, 5.74) is 0.804. The predicted octanol–water partition coefficient (Wildman–Crippen LogP) is 0.517. The van der Waals surface area contributed by atoms with Crippen molar-refractivity contribution >= 4 is 10.1 Å². The molecule has 7 heteroatoms. The van der Waals surface area contributed by atoms with Gasteiger partial charge in [-0.1, -0.05) is 4.68 Å². The molecule has 0 bridgehead atoms. The molecule has 2 heterocycles. The zero-order valence-corrected chi connectivity index (χ0v) is 9.67. The van der Waals surface area contributed by atoms with Gasteiger partial charge in [-0.3, -0.25) is 4.55 Å². The minimum atomic E-state index is -3.96. The quantitative estimate of drug-likeness (QED) is 0.636. The Bertz CT molecular complexity index is 575. The molecule has 0 saturated carbocycles. The van der Waals surface area contributed by atoms with Gasteiger partial charge in [0.2, 0.25) is 0 Å². The molecule has 0 aromatic carbocycles. The zero-order chi connectivity index (χ0) is 12.3. The first-order valence-electron chi connectivity index (χ1n) is 4.89. The van der Waals surface area contributed by atoms with Crippen LogP contribution in [0.15, 0.2) is 41.3 Å². The lowest BCUT2D eigenvalue weighted by Gasteiger charge is -1.95. The Kier molecular flexibility index (Phi) is 3.21. The summed E-state index contributed by atoms with van der Waals surface area (Å²) in [5.74, 6) is 0.338. The number of aromatic nitrogens is 2. The van der Waals surface area contributed by atoms with E-state index in [1.807, 2.05) is 0 Å². The van der Waals surface area contributed by atoms with Crippen LogP contribution in [-0.4, -0.2) is 23.8 Å². The summed E-state index contributed by atoms with van der Waals surface area (Å²) in [4.78, 5) is 0. The lowest BCUT2D eigenvalue weighted by atomic mass is 10.2. The van der Waals surface area contributed by atoms with Crippen molar-refractivity contribution in [1.82, 2.24) is 5.10 Å². The van der Waals surface area contributed by atoms with Gasteiger partial charge in [-0.05, 0) is 17.2 Å².